The summed E-state index contributed by atoms with van der Waals surface area (Å²) in [6, 6.07) is 3.95. The average molecular weight is 187 g/mol. The van der Waals surface area contributed by atoms with Crippen LogP contribution in [-0.2, 0) is 0 Å². The standard InChI is InChI=1S/C11H13N3/c1-7-5-10-8(2)14(13)4-3-9(10)6-11(7)12/h3-6H,2,12-13H2,1H3. The van der Waals surface area contributed by atoms with Gasteiger partial charge in [0.25, 0.3) is 0 Å². The summed E-state index contributed by atoms with van der Waals surface area (Å²) >= 11 is 0. The number of nitrogens with zero attached hydrogens (tertiary/aromatic N) is 1. The van der Waals surface area contributed by atoms with Gasteiger partial charge in [0.1, 0.15) is 0 Å². The number of hydrogen-bond acceptors (Lipinski definition) is 3. The lowest BCUT2D eigenvalue weighted by atomic mass is 9.98. The molecule has 0 bridgehead atoms. The number of rotatable bonds is 0. The molecule has 1 aromatic rings. The lowest BCUT2D eigenvalue weighted by Crippen LogP contribution is -2.25. The van der Waals surface area contributed by atoms with E-state index in [1.54, 1.807) is 6.20 Å². The average Bonchev–Trinajstić information content (AvgIpc) is 2.15. The van der Waals surface area contributed by atoms with Gasteiger partial charge in [-0.05, 0) is 36.3 Å². The summed E-state index contributed by atoms with van der Waals surface area (Å²) in [4.78, 5) is 0. The van der Waals surface area contributed by atoms with Crippen LogP contribution in [-0.4, -0.2) is 5.01 Å². The number of hydrazine groups is 1. The van der Waals surface area contributed by atoms with Gasteiger partial charge in [-0.15, -0.1) is 0 Å². The van der Waals surface area contributed by atoms with Gasteiger partial charge in [0.15, 0.2) is 0 Å². The van der Waals surface area contributed by atoms with Crippen molar-refractivity contribution in [3.8, 4) is 0 Å². The number of benzene rings is 1. The molecule has 0 atom stereocenters. The Morgan fingerprint density at radius 1 is 1.36 bits per heavy atom. The molecule has 0 amide bonds. The largest absolute Gasteiger partial charge is 0.398 e. The normalized spacial score (nSPS) is 14.4. The van der Waals surface area contributed by atoms with Crippen molar-refractivity contribution in [2.45, 2.75) is 6.92 Å². The maximum atomic E-state index is 5.82. The Hall–Kier alpha value is -1.74. The second-order valence-electron chi connectivity index (χ2n) is 3.47. The molecule has 0 aliphatic carbocycles. The zero-order valence-electron chi connectivity index (χ0n) is 8.12. The second-order valence-corrected chi connectivity index (χ2v) is 3.47. The number of nitrogen functional groups attached to an aromatic ring is 1. The Bertz CT molecular complexity index is 432. The Morgan fingerprint density at radius 3 is 2.79 bits per heavy atom. The molecule has 14 heavy (non-hydrogen) atoms. The van der Waals surface area contributed by atoms with Gasteiger partial charge in [-0.2, -0.15) is 0 Å². The summed E-state index contributed by atoms with van der Waals surface area (Å²) in [5.74, 6) is 5.70. The van der Waals surface area contributed by atoms with Gasteiger partial charge in [0.05, 0.1) is 5.70 Å². The van der Waals surface area contributed by atoms with Gasteiger partial charge in [0.2, 0.25) is 0 Å². The molecule has 0 saturated carbocycles. The fourth-order valence-electron chi connectivity index (χ4n) is 1.52. The van der Waals surface area contributed by atoms with Crippen LogP contribution in [0.3, 0.4) is 0 Å². The molecule has 0 aromatic heterocycles. The fraction of sp³-hybridized carbons (Fsp3) is 0.0909. The molecule has 3 nitrogen and oxygen atoms in total. The molecular formula is C11H13N3. The summed E-state index contributed by atoms with van der Waals surface area (Å²) < 4.78 is 0. The molecule has 0 unspecified atom stereocenters. The summed E-state index contributed by atoms with van der Waals surface area (Å²) in [7, 11) is 0. The number of hydrogen-bond donors (Lipinski definition) is 2. The van der Waals surface area contributed by atoms with E-state index in [-0.39, 0.29) is 0 Å². The Balaban J connectivity index is 2.64. The molecule has 1 aromatic carbocycles. The van der Waals surface area contributed by atoms with E-state index in [9.17, 15) is 0 Å². The lowest BCUT2D eigenvalue weighted by Gasteiger charge is -2.23. The Kier molecular flexibility index (Phi) is 1.82. The minimum Gasteiger partial charge on any atom is -0.398 e. The molecule has 1 aliphatic heterocycles. The van der Waals surface area contributed by atoms with Crippen LogP contribution in [0.2, 0.25) is 0 Å². The smallest absolute Gasteiger partial charge is 0.0574 e. The van der Waals surface area contributed by atoms with Gasteiger partial charge < -0.3 is 5.73 Å². The van der Waals surface area contributed by atoms with Crippen LogP contribution in [0.25, 0.3) is 11.8 Å². The van der Waals surface area contributed by atoms with Crippen LogP contribution < -0.4 is 11.6 Å². The van der Waals surface area contributed by atoms with E-state index in [2.05, 4.69) is 6.58 Å². The van der Waals surface area contributed by atoms with E-state index >= 15 is 0 Å². The van der Waals surface area contributed by atoms with Crippen molar-refractivity contribution in [1.82, 2.24) is 5.01 Å². The first-order chi connectivity index (χ1) is 6.59. The Morgan fingerprint density at radius 2 is 2.07 bits per heavy atom. The van der Waals surface area contributed by atoms with Crippen molar-refractivity contribution in [2.75, 3.05) is 5.73 Å². The SMILES string of the molecule is C=C1c2cc(C)c(N)cc2C=CN1N. The van der Waals surface area contributed by atoms with Crippen LogP contribution in [0, 0.1) is 6.92 Å². The number of anilines is 1. The van der Waals surface area contributed by atoms with E-state index in [0.29, 0.717) is 0 Å². The van der Waals surface area contributed by atoms with E-state index in [1.807, 2.05) is 25.1 Å². The first-order valence-corrected chi connectivity index (χ1v) is 4.41. The van der Waals surface area contributed by atoms with Gasteiger partial charge in [-0.3, -0.25) is 5.01 Å². The van der Waals surface area contributed by atoms with Crippen LogP contribution in [0.15, 0.2) is 24.9 Å². The highest BCUT2D eigenvalue weighted by Crippen LogP contribution is 2.29. The molecule has 0 spiro atoms. The minimum absolute atomic E-state index is 0.797. The highest BCUT2D eigenvalue weighted by Gasteiger charge is 2.13. The summed E-state index contributed by atoms with van der Waals surface area (Å²) in [6.45, 7) is 5.89. The van der Waals surface area contributed by atoms with Crippen LogP contribution >= 0.6 is 0 Å². The van der Waals surface area contributed by atoms with Crippen LogP contribution in [0.4, 0.5) is 5.69 Å². The lowest BCUT2D eigenvalue weighted by molar-refractivity contribution is 0.568. The number of fused-ring (bicyclic) bond motifs is 1. The van der Waals surface area contributed by atoms with Crippen molar-refractivity contribution < 1.29 is 0 Å². The molecule has 1 aliphatic rings. The minimum atomic E-state index is 0.797. The van der Waals surface area contributed by atoms with Crippen molar-refractivity contribution >= 4 is 17.5 Å². The van der Waals surface area contributed by atoms with Gasteiger partial charge >= 0.3 is 0 Å². The molecule has 2 rings (SSSR count). The third-order valence-electron chi connectivity index (χ3n) is 2.48. The van der Waals surface area contributed by atoms with Gasteiger partial charge in [-0.1, -0.05) is 6.58 Å². The highest BCUT2D eigenvalue weighted by atomic mass is 15.4. The topological polar surface area (TPSA) is 55.3 Å². The quantitative estimate of drug-likeness (QED) is 0.480. The van der Waals surface area contributed by atoms with Crippen molar-refractivity contribution in [3.63, 3.8) is 0 Å². The summed E-state index contributed by atoms with van der Waals surface area (Å²) in [5.41, 5.74) is 10.6. The third-order valence-corrected chi connectivity index (χ3v) is 2.48. The summed E-state index contributed by atoms with van der Waals surface area (Å²) in [6.07, 6.45) is 3.71. The van der Waals surface area contributed by atoms with Crippen LogP contribution in [0.5, 0.6) is 0 Å². The third kappa shape index (κ3) is 1.18. The zero-order valence-corrected chi connectivity index (χ0v) is 8.12. The molecule has 72 valence electrons. The number of aryl methyl sites for hydroxylation is 1. The molecule has 4 N–H and O–H groups in total. The first kappa shape index (κ1) is 8.84. The van der Waals surface area contributed by atoms with E-state index in [1.165, 1.54) is 5.01 Å². The predicted octanol–water partition coefficient (Wildman–Crippen LogP) is 1.71. The monoisotopic (exact) mass is 187 g/mol. The zero-order chi connectivity index (χ0) is 10.3. The van der Waals surface area contributed by atoms with E-state index in [4.69, 9.17) is 11.6 Å². The maximum Gasteiger partial charge on any atom is 0.0574 e. The van der Waals surface area contributed by atoms with Crippen molar-refractivity contribution in [3.05, 3.63) is 41.6 Å². The van der Waals surface area contributed by atoms with Crippen molar-refractivity contribution in [1.29, 1.82) is 0 Å². The molecule has 1 heterocycles. The number of nitrogens with two attached hydrogens (primary N) is 2. The molecule has 0 fully saturated rings. The molecule has 3 heteroatoms. The fourth-order valence-corrected chi connectivity index (χ4v) is 1.52. The maximum absolute atomic E-state index is 5.82. The van der Waals surface area contributed by atoms with E-state index in [0.717, 1.165) is 28.1 Å². The first-order valence-electron chi connectivity index (χ1n) is 4.41. The Labute approximate surface area is 83.3 Å². The summed E-state index contributed by atoms with van der Waals surface area (Å²) in [5, 5.41) is 1.51. The van der Waals surface area contributed by atoms with E-state index < -0.39 is 0 Å². The molecular weight excluding hydrogens is 174 g/mol. The van der Waals surface area contributed by atoms with Crippen molar-refractivity contribution in [2.24, 2.45) is 5.84 Å². The van der Waals surface area contributed by atoms with Crippen LogP contribution in [0.1, 0.15) is 16.7 Å². The molecule has 0 radical (unpaired) electrons. The van der Waals surface area contributed by atoms with Gasteiger partial charge in [-0.25, -0.2) is 5.84 Å². The van der Waals surface area contributed by atoms with Gasteiger partial charge in [0, 0.05) is 17.5 Å². The predicted molar refractivity (Wildman–Crippen MR) is 59.7 cm³/mol. The highest BCUT2D eigenvalue weighted by molar-refractivity contribution is 5.79. The second kappa shape index (κ2) is 2.89. The molecule has 0 saturated heterocycles.